The first-order valence-corrected chi connectivity index (χ1v) is 5.42. The molecule has 0 saturated heterocycles. The van der Waals surface area contributed by atoms with Crippen molar-refractivity contribution in [3.63, 3.8) is 0 Å². The van der Waals surface area contributed by atoms with E-state index in [1.165, 1.54) is 20.4 Å². The summed E-state index contributed by atoms with van der Waals surface area (Å²) in [6.45, 7) is 2.05. The van der Waals surface area contributed by atoms with Gasteiger partial charge in [0.15, 0.2) is 6.29 Å². The molecule has 0 spiro atoms. The fourth-order valence-electron chi connectivity index (χ4n) is 1.23. The van der Waals surface area contributed by atoms with Crippen molar-refractivity contribution < 1.29 is 14.3 Å². The van der Waals surface area contributed by atoms with Crippen LogP contribution in [0.3, 0.4) is 0 Å². The van der Waals surface area contributed by atoms with Gasteiger partial charge in [-0.05, 0) is 13.0 Å². The number of hydrogen-bond donors (Lipinski definition) is 1. The maximum absolute atomic E-state index is 11.8. The normalized spacial score (nSPS) is 10.6. The van der Waals surface area contributed by atoms with Crippen molar-refractivity contribution in [3.8, 4) is 0 Å². The van der Waals surface area contributed by atoms with Gasteiger partial charge in [-0.15, -0.1) is 0 Å². The van der Waals surface area contributed by atoms with Gasteiger partial charge in [-0.1, -0.05) is 11.6 Å². The summed E-state index contributed by atoms with van der Waals surface area (Å²) in [6.07, 6.45) is 0.970. The molecule has 0 aliphatic heterocycles. The quantitative estimate of drug-likeness (QED) is 0.811. The Hall–Kier alpha value is -1.17. The fraction of sp³-hybridized carbons (Fsp3) is 0.455. The molecule has 1 aromatic heterocycles. The maximum atomic E-state index is 11.8. The molecular formula is C11H15ClN2O3. The highest BCUT2D eigenvalue weighted by molar-refractivity contribution is 6.33. The molecule has 0 unspecified atom stereocenters. The highest BCUT2D eigenvalue weighted by atomic mass is 35.5. The number of amides is 1. The maximum Gasteiger partial charge on any atom is 0.254 e. The van der Waals surface area contributed by atoms with Gasteiger partial charge >= 0.3 is 0 Å². The van der Waals surface area contributed by atoms with E-state index >= 15 is 0 Å². The monoisotopic (exact) mass is 258 g/mol. The number of halogens is 1. The van der Waals surface area contributed by atoms with Crippen molar-refractivity contribution in [3.05, 3.63) is 28.5 Å². The second kappa shape index (κ2) is 6.54. The number of nitrogens with one attached hydrogen (secondary N) is 1. The largest absolute Gasteiger partial charge is 0.354 e. The molecule has 0 aliphatic rings. The first-order chi connectivity index (χ1) is 8.08. The summed E-state index contributed by atoms with van der Waals surface area (Å²) >= 11 is 5.94. The number of aryl methyl sites for hydroxylation is 1. The Bertz CT molecular complexity index is 394. The number of carbonyl (C=O) groups excluding carboxylic acids is 1. The summed E-state index contributed by atoms with van der Waals surface area (Å²) in [5.74, 6) is -0.304. The Labute approximate surface area is 105 Å². The van der Waals surface area contributed by atoms with Crippen LogP contribution in [0.2, 0.25) is 5.02 Å². The van der Waals surface area contributed by atoms with Crippen molar-refractivity contribution in [2.24, 2.45) is 0 Å². The number of ether oxygens (including phenoxy) is 2. The Kier molecular flexibility index (Phi) is 5.34. The number of hydrogen-bond acceptors (Lipinski definition) is 4. The fourth-order valence-corrected chi connectivity index (χ4v) is 1.52. The van der Waals surface area contributed by atoms with Crippen LogP contribution in [0.5, 0.6) is 0 Å². The lowest BCUT2D eigenvalue weighted by Crippen LogP contribution is -2.34. The Morgan fingerprint density at radius 1 is 1.53 bits per heavy atom. The topological polar surface area (TPSA) is 60.5 Å². The van der Waals surface area contributed by atoms with Crippen LogP contribution in [-0.2, 0) is 9.47 Å². The van der Waals surface area contributed by atoms with E-state index in [1.54, 1.807) is 13.0 Å². The molecule has 1 rings (SSSR count). The summed E-state index contributed by atoms with van der Waals surface area (Å²) < 4.78 is 9.90. The summed E-state index contributed by atoms with van der Waals surface area (Å²) in [6, 6.07) is 1.64. The highest BCUT2D eigenvalue weighted by Gasteiger charge is 2.13. The van der Waals surface area contributed by atoms with E-state index in [2.05, 4.69) is 10.3 Å². The second-order valence-electron chi connectivity index (χ2n) is 3.42. The number of methoxy groups -OCH3 is 2. The summed E-state index contributed by atoms with van der Waals surface area (Å²) in [4.78, 5) is 15.8. The van der Waals surface area contributed by atoms with Gasteiger partial charge in [0.1, 0.15) is 0 Å². The molecule has 0 atom stereocenters. The van der Waals surface area contributed by atoms with Crippen LogP contribution in [0.25, 0.3) is 0 Å². The first-order valence-electron chi connectivity index (χ1n) is 5.04. The minimum Gasteiger partial charge on any atom is -0.354 e. The molecule has 0 fully saturated rings. The summed E-state index contributed by atoms with van der Waals surface area (Å²) in [5.41, 5.74) is 1.10. The molecular weight excluding hydrogens is 244 g/mol. The Morgan fingerprint density at radius 2 is 2.18 bits per heavy atom. The van der Waals surface area contributed by atoms with Gasteiger partial charge in [0.25, 0.3) is 5.91 Å². The van der Waals surface area contributed by atoms with E-state index in [1.807, 2.05) is 0 Å². The molecule has 1 aromatic rings. The number of carbonyl (C=O) groups is 1. The zero-order chi connectivity index (χ0) is 12.8. The lowest BCUT2D eigenvalue weighted by atomic mass is 10.2. The average Bonchev–Trinajstić information content (AvgIpc) is 2.30. The average molecular weight is 259 g/mol. The standard InChI is InChI=1S/C11H15ClN2O3/c1-7-4-9(12)8(5-13-7)11(15)14-6-10(16-2)17-3/h4-5,10H,6H2,1-3H3,(H,14,15). The Morgan fingerprint density at radius 3 is 2.71 bits per heavy atom. The zero-order valence-electron chi connectivity index (χ0n) is 9.99. The van der Waals surface area contributed by atoms with Crippen LogP contribution in [0.4, 0.5) is 0 Å². The van der Waals surface area contributed by atoms with Crippen LogP contribution in [-0.4, -0.2) is 37.9 Å². The van der Waals surface area contributed by atoms with Crippen LogP contribution in [0.1, 0.15) is 16.1 Å². The molecule has 0 bridgehead atoms. The van der Waals surface area contributed by atoms with Crippen LogP contribution < -0.4 is 5.32 Å². The smallest absolute Gasteiger partial charge is 0.254 e. The molecule has 0 radical (unpaired) electrons. The van der Waals surface area contributed by atoms with E-state index in [0.29, 0.717) is 10.6 Å². The molecule has 1 heterocycles. The number of pyridine rings is 1. The third-order valence-electron chi connectivity index (χ3n) is 2.19. The highest BCUT2D eigenvalue weighted by Crippen LogP contribution is 2.15. The van der Waals surface area contributed by atoms with Gasteiger partial charge in [-0.25, -0.2) is 0 Å². The molecule has 94 valence electrons. The van der Waals surface area contributed by atoms with Crippen molar-refractivity contribution in [2.45, 2.75) is 13.2 Å². The van der Waals surface area contributed by atoms with Crippen molar-refractivity contribution in [1.82, 2.24) is 10.3 Å². The summed E-state index contributed by atoms with van der Waals surface area (Å²) in [5, 5.41) is 3.02. The van der Waals surface area contributed by atoms with Gasteiger partial charge in [0.05, 0.1) is 17.1 Å². The van der Waals surface area contributed by atoms with E-state index in [4.69, 9.17) is 21.1 Å². The van der Waals surface area contributed by atoms with Crippen LogP contribution in [0, 0.1) is 6.92 Å². The molecule has 1 N–H and O–H groups in total. The van der Waals surface area contributed by atoms with Crippen molar-refractivity contribution in [1.29, 1.82) is 0 Å². The van der Waals surface area contributed by atoms with E-state index in [-0.39, 0.29) is 12.5 Å². The molecule has 1 amide bonds. The van der Waals surface area contributed by atoms with Gasteiger partial charge in [-0.2, -0.15) is 0 Å². The molecule has 0 aliphatic carbocycles. The molecule has 6 heteroatoms. The van der Waals surface area contributed by atoms with Crippen molar-refractivity contribution in [2.75, 3.05) is 20.8 Å². The predicted molar refractivity (Wildman–Crippen MR) is 64.1 cm³/mol. The van der Waals surface area contributed by atoms with Crippen LogP contribution in [0.15, 0.2) is 12.3 Å². The van der Waals surface area contributed by atoms with Gasteiger partial charge in [0, 0.05) is 26.1 Å². The van der Waals surface area contributed by atoms with E-state index in [9.17, 15) is 4.79 Å². The second-order valence-corrected chi connectivity index (χ2v) is 3.82. The van der Waals surface area contributed by atoms with Gasteiger partial charge in [0.2, 0.25) is 0 Å². The molecule has 0 saturated carbocycles. The predicted octanol–water partition coefficient (Wildman–Crippen LogP) is 1.39. The first kappa shape index (κ1) is 13.9. The lowest BCUT2D eigenvalue weighted by molar-refractivity contribution is -0.0974. The summed E-state index contributed by atoms with van der Waals surface area (Å²) in [7, 11) is 3.00. The minimum absolute atomic E-state index is 0.246. The van der Waals surface area contributed by atoms with Gasteiger partial charge < -0.3 is 14.8 Å². The molecule has 17 heavy (non-hydrogen) atoms. The minimum atomic E-state index is -0.476. The van der Waals surface area contributed by atoms with E-state index < -0.39 is 6.29 Å². The lowest BCUT2D eigenvalue weighted by Gasteiger charge is -2.14. The third kappa shape index (κ3) is 3.96. The van der Waals surface area contributed by atoms with Gasteiger partial charge in [-0.3, -0.25) is 9.78 Å². The molecule has 5 nitrogen and oxygen atoms in total. The zero-order valence-corrected chi connectivity index (χ0v) is 10.7. The third-order valence-corrected chi connectivity index (χ3v) is 2.50. The Balaban J connectivity index is 2.64. The number of nitrogens with zero attached hydrogens (tertiary/aromatic N) is 1. The van der Waals surface area contributed by atoms with Crippen LogP contribution >= 0.6 is 11.6 Å². The number of aromatic nitrogens is 1. The van der Waals surface area contributed by atoms with Crippen molar-refractivity contribution >= 4 is 17.5 Å². The van der Waals surface area contributed by atoms with E-state index in [0.717, 1.165) is 5.69 Å². The molecule has 0 aromatic carbocycles. The number of rotatable bonds is 5. The SMILES string of the molecule is COC(CNC(=O)c1cnc(C)cc1Cl)OC.